The first-order chi connectivity index (χ1) is 12.5. The Balaban J connectivity index is 1.54. The molecule has 7 nitrogen and oxygen atoms in total. The molecule has 1 amide bonds. The van der Waals surface area contributed by atoms with E-state index in [1.54, 1.807) is 18.2 Å². The van der Waals surface area contributed by atoms with Crippen molar-refractivity contribution in [3.63, 3.8) is 0 Å². The number of nitrogens with one attached hydrogen (secondary N) is 1. The Bertz CT molecular complexity index is 844. The van der Waals surface area contributed by atoms with Gasteiger partial charge in [0.1, 0.15) is 11.5 Å². The molecule has 2 aromatic carbocycles. The van der Waals surface area contributed by atoms with Crippen molar-refractivity contribution in [1.82, 2.24) is 0 Å². The second-order valence-corrected chi connectivity index (χ2v) is 5.65. The van der Waals surface area contributed by atoms with Crippen molar-refractivity contribution in [1.29, 1.82) is 0 Å². The highest BCUT2D eigenvalue weighted by Gasteiger charge is 2.15. The van der Waals surface area contributed by atoms with Crippen LogP contribution in [-0.4, -0.2) is 31.6 Å². The highest BCUT2D eigenvalue weighted by atomic mass is 16.6. The molecule has 0 aromatic heterocycles. The smallest absolute Gasteiger partial charge is 0.349 e. The fourth-order valence-corrected chi connectivity index (χ4v) is 2.53. The molecule has 0 fully saturated rings. The summed E-state index contributed by atoms with van der Waals surface area (Å²) in [6, 6.07) is 11.3. The number of carbonyl (C=O) groups excluding carboxylic acids is 3. The lowest BCUT2D eigenvalue weighted by atomic mass is 10.0. The van der Waals surface area contributed by atoms with Gasteiger partial charge in [0.2, 0.25) is 5.91 Å². The zero-order chi connectivity index (χ0) is 18.5. The number of esters is 2. The maximum atomic E-state index is 11.9. The van der Waals surface area contributed by atoms with Gasteiger partial charge < -0.3 is 19.5 Å². The van der Waals surface area contributed by atoms with E-state index in [9.17, 15) is 14.4 Å². The molecule has 1 aliphatic rings. The fraction of sp³-hybridized carbons (Fsp3) is 0.211. The molecular weight excluding hydrogens is 338 g/mol. The number of hydrogen-bond acceptors (Lipinski definition) is 6. The number of methoxy groups -OCH3 is 1. The molecule has 1 aliphatic heterocycles. The second kappa shape index (κ2) is 7.69. The van der Waals surface area contributed by atoms with Crippen molar-refractivity contribution < 1.29 is 28.6 Å². The maximum absolute atomic E-state index is 11.9. The summed E-state index contributed by atoms with van der Waals surface area (Å²) in [5.41, 5.74) is 2.10. The predicted octanol–water partition coefficient (Wildman–Crippen LogP) is 2.34. The quantitative estimate of drug-likeness (QED) is 0.654. The highest BCUT2D eigenvalue weighted by Crippen LogP contribution is 2.26. The van der Waals surface area contributed by atoms with Gasteiger partial charge in [-0.1, -0.05) is 0 Å². The Morgan fingerprint density at radius 3 is 2.50 bits per heavy atom. The topological polar surface area (TPSA) is 90.9 Å². The van der Waals surface area contributed by atoms with Crippen molar-refractivity contribution in [2.75, 3.05) is 19.0 Å². The van der Waals surface area contributed by atoms with Crippen LogP contribution in [-0.2, 0) is 20.7 Å². The average molecular weight is 355 g/mol. The van der Waals surface area contributed by atoms with Crippen LogP contribution in [0.1, 0.15) is 22.3 Å². The van der Waals surface area contributed by atoms with Gasteiger partial charge in [0, 0.05) is 12.1 Å². The number of anilines is 1. The minimum atomic E-state index is -0.568. The molecule has 0 spiro atoms. The maximum Gasteiger partial charge on any atom is 0.349 e. The van der Waals surface area contributed by atoms with Crippen LogP contribution in [0.4, 0.5) is 5.69 Å². The van der Waals surface area contributed by atoms with Gasteiger partial charge in [-0.05, 0) is 54.4 Å². The van der Waals surface area contributed by atoms with Crippen molar-refractivity contribution in [2.24, 2.45) is 0 Å². The molecule has 134 valence electrons. The zero-order valence-electron chi connectivity index (χ0n) is 14.1. The van der Waals surface area contributed by atoms with Gasteiger partial charge in [-0.25, -0.2) is 9.59 Å². The van der Waals surface area contributed by atoms with Gasteiger partial charge >= 0.3 is 11.9 Å². The van der Waals surface area contributed by atoms with Crippen LogP contribution in [0.2, 0.25) is 0 Å². The monoisotopic (exact) mass is 355 g/mol. The van der Waals surface area contributed by atoms with Crippen LogP contribution in [0, 0.1) is 0 Å². The number of fused-ring (bicyclic) bond motifs is 1. The van der Waals surface area contributed by atoms with E-state index in [0.717, 1.165) is 11.3 Å². The minimum absolute atomic E-state index is 0.00651. The van der Waals surface area contributed by atoms with Gasteiger partial charge in [0.25, 0.3) is 0 Å². The Morgan fingerprint density at radius 2 is 1.77 bits per heavy atom. The molecule has 0 aliphatic carbocycles. The van der Waals surface area contributed by atoms with E-state index in [0.29, 0.717) is 29.9 Å². The molecule has 0 unspecified atom stereocenters. The SMILES string of the molecule is COC(=O)c1ccc(OC(=O)COc2ccc3c(c2)CCC(=O)N3)cc1. The first kappa shape index (κ1) is 17.5. The first-order valence-corrected chi connectivity index (χ1v) is 8.00. The Morgan fingerprint density at radius 1 is 1.04 bits per heavy atom. The van der Waals surface area contributed by atoms with Crippen LogP contribution >= 0.6 is 0 Å². The van der Waals surface area contributed by atoms with E-state index in [1.165, 1.54) is 31.4 Å². The third kappa shape index (κ3) is 4.18. The molecular formula is C19H17NO6. The second-order valence-electron chi connectivity index (χ2n) is 5.65. The summed E-state index contributed by atoms with van der Waals surface area (Å²) in [5, 5.41) is 2.78. The molecule has 7 heteroatoms. The zero-order valence-corrected chi connectivity index (χ0v) is 14.1. The first-order valence-electron chi connectivity index (χ1n) is 8.00. The van der Waals surface area contributed by atoms with E-state index in [4.69, 9.17) is 9.47 Å². The molecule has 0 bridgehead atoms. The molecule has 3 rings (SSSR count). The van der Waals surface area contributed by atoms with Gasteiger partial charge in [0.05, 0.1) is 12.7 Å². The van der Waals surface area contributed by atoms with Gasteiger partial charge in [0.15, 0.2) is 6.61 Å². The lowest BCUT2D eigenvalue weighted by Crippen LogP contribution is -2.20. The number of carbonyl (C=O) groups is 3. The third-order valence-electron chi connectivity index (χ3n) is 3.84. The summed E-state index contributed by atoms with van der Waals surface area (Å²) in [5.74, 6) is -0.207. The van der Waals surface area contributed by atoms with E-state index < -0.39 is 11.9 Å². The predicted molar refractivity (Wildman–Crippen MR) is 92.3 cm³/mol. The summed E-state index contributed by atoms with van der Waals surface area (Å²) in [6.45, 7) is -0.260. The molecule has 2 aromatic rings. The lowest BCUT2D eigenvalue weighted by Gasteiger charge is -2.17. The standard InChI is InChI=1S/C19H17NO6/c1-24-19(23)12-2-5-14(6-3-12)26-18(22)11-25-15-7-8-16-13(10-15)4-9-17(21)20-16/h2-3,5-8,10H,4,9,11H2,1H3,(H,20,21). The van der Waals surface area contributed by atoms with Crippen LogP contribution in [0.5, 0.6) is 11.5 Å². The van der Waals surface area contributed by atoms with Crippen molar-refractivity contribution in [3.8, 4) is 11.5 Å². The van der Waals surface area contributed by atoms with Crippen LogP contribution in [0.3, 0.4) is 0 Å². The normalized spacial score (nSPS) is 12.6. The van der Waals surface area contributed by atoms with Crippen molar-refractivity contribution >= 4 is 23.5 Å². The Kier molecular flexibility index (Phi) is 5.17. The van der Waals surface area contributed by atoms with E-state index >= 15 is 0 Å². The summed E-state index contributed by atoms with van der Waals surface area (Å²) >= 11 is 0. The lowest BCUT2D eigenvalue weighted by molar-refractivity contribution is -0.136. The largest absolute Gasteiger partial charge is 0.482 e. The number of ether oxygens (including phenoxy) is 3. The Hall–Kier alpha value is -3.35. The summed E-state index contributed by atoms with van der Waals surface area (Å²) in [4.78, 5) is 34.6. The van der Waals surface area contributed by atoms with Gasteiger partial charge in [-0.2, -0.15) is 0 Å². The molecule has 0 atom stereocenters. The van der Waals surface area contributed by atoms with Crippen molar-refractivity contribution in [2.45, 2.75) is 12.8 Å². The number of benzene rings is 2. The van der Waals surface area contributed by atoms with Gasteiger partial charge in [-0.3, -0.25) is 4.79 Å². The number of aryl methyl sites for hydroxylation is 1. The molecule has 1 N–H and O–H groups in total. The summed E-state index contributed by atoms with van der Waals surface area (Å²) < 4.78 is 15.2. The Labute approximate surface area is 149 Å². The molecule has 0 radical (unpaired) electrons. The number of hydrogen-bond donors (Lipinski definition) is 1. The molecule has 0 saturated heterocycles. The average Bonchev–Trinajstić information content (AvgIpc) is 2.66. The van der Waals surface area contributed by atoms with Crippen LogP contribution in [0.25, 0.3) is 0 Å². The third-order valence-corrected chi connectivity index (χ3v) is 3.84. The molecule has 1 heterocycles. The van der Waals surface area contributed by atoms with E-state index in [-0.39, 0.29) is 12.5 Å². The highest BCUT2D eigenvalue weighted by molar-refractivity contribution is 5.94. The molecule has 26 heavy (non-hydrogen) atoms. The summed E-state index contributed by atoms with van der Waals surface area (Å²) in [6.07, 6.45) is 1.06. The number of amides is 1. The van der Waals surface area contributed by atoms with E-state index in [2.05, 4.69) is 10.1 Å². The molecule has 0 saturated carbocycles. The van der Waals surface area contributed by atoms with Crippen LogP contribution in [0.15, 0.2) is 42.5 Å². The van der Waals surface area contributed by atoms with Crippen molar-refractivity contribution in [3.05, 3.63) is 53.6 Å². The minimum Gasteiger partial charge on any atom is -0.482 e. The van der Waals surface area contributed by atoms with Gasteiger partial charge in [-0.15, -0.1) is 0 Å². The fourth-order valence-electron chi connectivity index (χ4n) is 2.53. The summed E-state index contributed by atoms with van der Waals surface area (Å²) in [7, 11) is 1.29. The van der Waals surface area contributed by atoms with Crippen LogP contribution < -0.4 is 14.8 Å². The van der Waals surface area contributed by atoms with E-state index in [1.807, 2.05) is 0 Å². The number of rotatable bonds is 5.